The number of aliphatic hydroxyl groups excluding tert-OH is 2. The molecular formula is C29H46N9O19PS2. The van der Waals surface area contributed by atoms with Crippen LogP contribution < -0.4 is 37.8 Å². The van der Waals surface area contributed by atoms with E-state index in [1.54, 1.807) is 0 Å². The standard InChI is InChI=1S/C29H46N9O19PS2/c30-12(27(49)50)1-3-18(39)34-14(24(47)32-7-20(41)42)10-59-60-11-15(25(48)33-8-21(43)44)35-19(40)4-2-13(28(51)52)37-58(54,55)56-9-16-22(45)23(46)26(57-16)38-6-5-17(31)36-29(38)53/h12-16,22-23,26,45-46H,1-11,30H2,(H,32,47)(H,33,48)(H,34,39)(H,35,40)(H,41,42)(H,43,44)(H,49,50)(H,51,52)(H2,31,36,53)(H2,37,54,55)/t12?,13?,14?,15?,16?,22-,23-,26-/m0/s1. The van der Waals surface area contributed by atoms with Crippen LogP contribution in [-0.2, 0) is 52.2 Å². The lowest BCUT2D eigenvalue weighted by atomic mass is 10.1. The summed E-state index contributed by atoms with van der Waals surface area (Å²) < 4.78 is 23.1. The monoisotopic (exact) mass is 919 g/mol. The van der Waals surface area contributed by atoms with Gasteiger partial charge in [-0.1, -0.05) is 21.6 Å². The maximum atomic E-state index is 12.9. The Morgan fingerprint density at radius 1 is 0.850 bits per heavy atom. The molecule has 0 spiro atoms. The Bertz CT molecular complexity index is 1700. The zero-order chi connectivity index (χ0) is 45.3. The third-order valence-electron chi connectivity index (χ3n) is 8.11. The summed E-state index contributed by atoms with van der Waals surface area (Å²) in [6.45, 7) is -2.59. The van der Waals surface area contributed by atoms with Crippen LogP contribution in [0.1, 0.15) is 32.1 Å². The summed E-state index contributed by atoms with van der Waals surface area (Å²) in [5.41, 5.74) is 10.9. The Balaban J connectivity index is 2.00. The van der Waals surface area contributed by atoms with Gasteiger partial charge in [0.25, 0.3) is 0 Å². The highest BCUT2D eigenvalue weighted by Crippen LogP contribution is 2.39. The van der Waals surface area contributed by atoms with Crippen LogP contribution >= 0.6 is 29.3 Å². The number of carbonyl (C=O) groups is 9. The summed E-state index contributed by atoms with van der Waals surface area (Å²) in [7, 11) is -3.38. The number of ether oxygens (including phenoxy) is 1. The van der Waals surface area contributed by atoms with Crippen LogP contribution in [0.5, 0.6) is 0 Å². The highest BCUT2D eigenvalue weighted by molar-refractivity contribution is 8.76. The van der Waals surface area contributed by atoms with E-state index in [0.717, 1.165) is 26.5 Å². The summed E-state index contributed by atoms with van der Waals surface area (Å²) in [6, 6.07) is -7.05. The second-order valence-electron chi connectivity index (χ2n) is 12.8. The molecule has 9 atom stereocenters. The molecule has 1 fully saturated rings. The summed E-state index contributed by atoms with van der Waals surface area (Å²) in [4.78, 5) is 123. The predicted molar refractivity (Wildman–Crippen MR) is 204 cm³/mol. The number of amidine groups is 1. The molecule has 2 heterocycles. The minimum Gasteiger partial charge on any atom is -0.480 e. The van der Waals surface area contributed by atoms with Crippen LogP contribution in [0.25, 0.3) is 0 Å². The van der Waals surface area contributed by atoms with Crippen molar-refractivity contribution in [3.8, 4) is 0 Å². The molecule has 0 saturated carbocycles. The first-order chi connectivity index (χ1) is 28.0. The van der Waals surface area contributed by atoms with E-state index >= 15 is 0 Å². The molecule has 2 aliphatic heterocycles. The molecule has 2 rings (SSSR count). The fourth-order valence-corrected chi connectivity index (χ4v) is 8.36. The molecule has 16 N–H and O–H groups in total. The normalized spacial score (nSPS) is 21.9. The number of aliphatic carboxylic acids is 4. The van der Waals surface area contributed by atoms with Crippen molar-refractivity contribution in [2.24, 2.45) is 16.5 Å². The van der Waals surface area contributed by atoms with Crippen LogP contribution in [0.15, 0.2) is 4.99 Å². The van der Waals surface area contributed by atoms with Crippen LogP contribution in [0.2, 0.25) is 0 Å². The molecule has 60 heavy (non-hydrogen) atoms. The molecule has 0 bridgehead atoms. The molecule has 6 unspecified atom stereocenters. The molecule has 0 aromatic rings. The zero-order valence-corrected chi connectivity index (χ0v) is 33.8. The zero-order valence-electron chi connectivity index (χ0n) is 31.2. The summed E-state index contributed by atoms with van der Waals surface area (Å²) >= 11 is 0. The lowest BCUT2D eigenvalue weighted by Crippen LogP contribution is -2.50. The van der Waals surface area contributed by atoms with Gasteiger partial charge < -0.3 is 73.0 Å². The number of aliphatic imine (C=N–C) groups is 1. The minimum absolute atomic E-state index is 0.0227. The number of carboxylic acids is 4. The minimum atomic E-state index is -5.05. The number of carbonyl (C=O) groups excluding carboxylic acids is 5. The Labute approximate surface area is 346 Å². The summed E-state index contributed by atoms with van der Waals surface area (Å²) in [6.07, 6.45) is -8.28. The number of amides is 6. The topological polar surface area (TPSA) is 459 Å². The van der Waals surface area contributed by atoms with Crippen LogP contribution in [0, 0.1) is 0 Å². The maximum Gasteiger partial charge on any atom is 0.403 e. The maximum absolute atomic E-state index is 12.9. The van der Waals surface area contributed by atoms with Crippen LogP contribution in [0.4, 0.5) is 4.79 Å². The molecule has 0 aromatic carbocycles. The third kappa shape index (κ3) is 17.9. The molecule has 338 valence electrons. The Morgan fingerprint density at radius 2 is 1.37 bits per heavy atom. The average molecular weight is 920 g/mol. The van der Waals surface area contributed by atoms with Gasteiger partial charge in [0.2, 0.25) is 23.6 Å². The van der Waals surface area contributed by atoms with E-state index in [1.165, 1.54) is 0 Å². The SMILES string of the molecule is NC1=NC(=O)N([C@H]2OC(COP(=O)(O)NC(CCC(=O)NC(CSSCC(NC(=O)CCC(N)C(=O)O)C(=O)NCC(=O)O)C(=O)NCC(=O)O)C(=O)O)[C@H](O)[C@@H]2O)CC1. The summed E-state index contributed by atoms with van der Waals surface area (Å²) in [5, 5.41) is 67.8. The molecular weight excluding hydrogens is 873 g/mol. The fraction of sp³-hybridized carbons (Fsp3) is 0.655. The first kappa shape index (κ1) is 51.5. The molecule has 0 radical (unpaired) electrons. The molecule has 0 aliphatic carbocycles. The van der Waals surface area contributed by atoms with Gasteiger partial charge in [0.1, 0.15) is 61.4 Å². The van der Waals surface area contributed by atoms with Gasteiger partial charge >= 0.3 is 37.7 Å². The van der Waals surface area contributed by atoms with Gasteiger partial charge in [-0.05, 0) is 12.8 Å². The van der Waals surface area contributed by atoms with Crippen molar-refractivity contribution in [3.05, 3.63) is 0 Å². The van der Waals surface area contributed by atoms with Crippen molar-refractivity contribution in [1.82, 2.24) is 31.3 Å². The van der Waals surface area contributed by atoms with Crippen molar-refractivity contribution in [3.63, 3.8) is 0 Å². The second-order valence-corrected chi connectivity index (χ2v) is 16.9. The first-order valence-corrected chi connectivity index (χ1v) is 21.5. The van der Waals surface area contributed by atoms with Crippen molar-refractivity contribution in [1.29, 1.82) is 0 Å². The van der Waals surface area contributed by atoms with Crippen molar-refractivity contribution in [2.45, 2.75) is 80.8 Å². The number of hydrogen-bond acceptors (Lipinski definition) is 18. The van der Waals surface area contributed by atoms with Crippen molar-refractivity contribution < 1.29 is 92.5 Å². The number of hydrogen-bond donors (Lipinski definition) is 14. The van der Waals surface area contributed by atoms with E-state index in [0.29, 0.717) is 0 Å². The average Bonchev–Trinajstić information content (AvgIpc) is 3.44. The Kier molecular flexibility index (Phi) is 21.1. The quantitative estimate of drug-likeness (QED) is 0.0208. The van der Waals surface area contributed by atoms with Gasteiger partial charge in [-0.2, -0.15) is 4.99 Å². The third-order valence-corrected chi connectivity index (χ3v) is 11.7. The number of nitrogens with zero attached hydrogens (tertiary/aromatic N) is 2. The van der Waals surface area contributed by atoms with Gasteiger partial charge in [0.05, 0.1) is 6.61 Å². The molecule has 2 aliphatic rings. The molecule has 0 aromatic heterocycles. The van der Waals surface area contributed by atoms with Crippen LogP contribution in [0.3, 0.4) is 0 Å². The first-order valence-electron chi connectivity index (χ1n) is 17.4. The molecule has 28 nitrogen and oxygen atoms in total. The predicted octanol–water partition coefficient (Wildman–Crippen LogP) is -5.50. The van der Waals surface area contributed by atoms with Gasteiger partial charge in [-0.15, -0.1) is 0 Å². The highest BCUT2D eigenvalue weighted by Gasteiger charge is 2.48. The van der Waals surface area contributed by atoms with Gasteiger partial charge in [-0.25, -0.2) is 14.4 Å². The Morgan fingerprint density at radius 3 is 1.83 bits per heavy atom. The van der Waals surface area contributed by atoms with E-state index in [4.69, 9.17) is 36.0 Å². The number of nitrogens with one attached hydrogen (secondary N) is 5. The lowest BCUT2D eigenvalue weighted by Gasteiger charge is -2.31. The molecule has 1 saturated heterocycles. The number of aliphatic hydroxyl groups is 2. The Hall–Kier alpha value is -4.65. The van der Waals surface area contributed by atoms with E-state index < -0.39 is 149 Å². The van der Waals surface area contributed by atoms with Gasteiger partial charge in [0.15, 0.2) is 6.23 Å². The van der Waals surface area contributed by atoms with Crippen LogP contribution in [-0.4, -0.2) is 186 Å². The summed E-state index contributed by atoms with van der Waals surface area (Å²) in [5.74, 6) is -10.2. The van der Waals surface area contributed by atoms with Crippen molar-refractivity contribution >= 4 is 88.7 Å². The fourth-order valence-electron chi connectivity index (χ4n) is 4.97. The number of rotatable bonds is 27. The number of urea groups is 1. The largest absolute Gasteiger partial charge is 0.480 e. The lowest BCUT2D eigenvalue weighted by molar-refractivity contribution is -0.140. The van der Waals surface area contributed by atoms with E-state index in [1.807, 2.05) is 5.09 Å². The van der Waals surface area contributed by atoms with Gasteiger partial charge in [-0.3, -0.25) is 47.8 Å². The number of carboxylic acid groups (broad SMARTS) is 4. The van der Waals surface area contributed by atoms with Crippen molar-refractivity contribution in [2.75, 3.05) is 37.7 Å². The van der Waals surface area contributed by atoms with E-state index in [-0.39, 0.29) is 36.7 Å². The second kappa shape index (κ2) is 24.6. The molecule has 31 heteroatoms. The smallest absolute Gasteiger partial charge is 0.403 e. The van der Waals surface area contributed by atoms with E-state index in [2.05, 4.69) is 26.3 Å². The van der Waals surface area contributed by atoms with Gasteiger partial charge in [0, 0.05) is 37.3 Å². The molecule has 6 amide bonds. The number of nitrogens with two attached hydrogens (primary N) is 2. The van der Waals surface area contributed by atoms with E-state index in [9.17, 15) is 67.9 Å². The highest BCUT2D eigenvalue weighted by atomic mass is 33.1.